The molecule has 1 aromatic heterocycles. The SMILES string of the molecule is CC1(C)Cc2cc3ccccc3n2C1. The molecule has 0 fully saturated rings. The fraction of sp³-hybridized carbons (Fsp3) is 0.385. The number of aromatic nitrogens is 1. The second kappa shape index (κ2) is 2.41. The van der Waals surface area contributed by atoms with Gasteiger partial charge in [0.05, 0.1) is 0 Å². The summed E-state index contributed by atoms with van der Waals surface area (Å²) in [6, 6.07) is 11.0. The lowest BCUT2D eigenvalue weighted by Crippen LogP contribution is -2.12. The van der Waals surface area contributed by atoms with Gasteiger partial charge in [-0.25, -0.2) is 0 Å². The lowest BCUT2D eigenvalue weighted by molar-refractivity contribution is 0.362. The van der Waals surface area contributed by atoms with Crippen LogP contribution in [0.15, 0.2) is 30.3 Å². The van der Waals surface area contributed by atoms with Crippen molar-refractivity contribution in [1.29, 1.82) is 0 Å². The molecule has 1 aromatic carbocycles. The molecule has 0 N–H and O–H groups in total. The maximum Gasteiger partial charge on any atom is 0.0482 e. The van der Waals surface area contributed by atoms with Crippen LogP contribution in [-0.2, 0) is 13.0 Å². The van der Waals surface area contributed by atoms with Gasteiger partial charge < -0.3 is 4.57 Å². The second-order valence-electron chi connectivity index (χ2n) is 5.12. The summed E-state index contributed by atoms with van der Waals surface area (Å²) in [6.45, 7) is 5.85. The molecule has 14 heavy (non-hydrogen) atoms. The lowest BCUT2D eigenvalue weighted by Gasteiger charge is -2.15. The number of hydrogen-bond donors (Lipinski definition) is 0. The standard InChI is InChI=1S/C13H15N/c1-13(2)8-11-7-10-5-3-4-6-12(10)14(11)9-13/h3-7H,8-9H2,1-2H3. The van der Waals surface area contributed by atoms with Crippen LogP contribution in [0.5, 0.6) is 0 Å². The molecule has 1 aliphatic heterocycles. The van der Waals surface area contributed by atoms with Gasteiger partial charge in [0.2, 0.25) is 0 Å². The Kier molecular flexibility index (Phi) is 1.40. The molecular weight excluding hydrogens is 170 g/mol. The van der Waals surface area contributed by atoms with Gasteiger partial charge in [-0.15, -0.1) is 0 Å². The molecule has 0 bridgehead atoms. The molecule has 1 nitrogen and oxygen atoms in total. The van der Waals surface area contributed by atoms with Gasteiger partial charge in [0, 0.05) is 17.8 Å². The van der Waals surface area contributed by atoms with Gasteiger partial charge in [-0.05, 0) is 29.4 Å². The molecule has 0 radical (unpaired) electrons. The summed E-state index contributed by atoms with van der Waals surface area (Å²) in [5, 5.41) is 1.39. The normalized spacial score (nSPS) is 18.7. The lowest BCUT2D eigenvalue weighted by atomic mass is 9.91. The van der Waals surface area contributed by atoms with E-state index in [4.69, 9.17) is 0 Å². The van der Waals surface area contributed by atoms with E-state index < -0.39 is 0 Å². The van der Waals surface area contributed by atoms with Crippen LogP contribution in [0.2, 0.25) is 0 Å². The Morgan fingerprint density at radius 3 is 2.86 bits per heavy atom. The average Bonchev–Trinajstić information content (AvgIpc) is 2.56. The quantitative estimate of drug-likeness (QED) is 0.594. The molecule has 1 aliphatic rings. The molecule has 3 rings (SSSR count). The Morgan fingerprint density at radius 1 is 1.21 bits per heavy atom. The predicted octanol–water partition coefficient (Wildman–Crippen LogP) is 3.22. The number of para-hydroxylation sites is 1. The van der Waals surface area contributed by atoms with Crippen LogP contribution >= 0.6 is 0 Å². The zero-order valence-corrected chi connectivity index (χ0v) is 8.75. The zero-order valence-electron chi connectivity index (χ0n) is 8.75. The summed E-state index contributed by atoms with van der Waals surface area (Å²) in [6.07, 6.45) is 1.21. The summed E-state index contributed by atoms with van der Waals surface area (Å²) in [7, 11) is 0. The number of benzene rings is 1. The Morgan fingerprint density at radius 2 is 2.00 bits per heavy atom. The topological polar surface area (TPSA) is 4.93 Å². The first-order valence-electron chi connectivity index (χ1n) is 5.23. The number of nitrogens with zero attached hydrogens (tertiary/aromatic N) is 1. The maximum atomic E-state index is 2.47. The fourth-order valence-corrected chi connectivity index (χ4v) is 2.57. The van der Waals surface area contributed by atoms with Crippen LogP contribution in [0.1, 0.15) is 19.5 Å². The van der Waals surface area contributed by atoms with Gasteiger partial charge >= 0.3 is 0 Å². The highest BCUT2D eigenvalue weighted by molar-refractivity contribution is 5.81. The Hall–Kier alpha value is -1.24. The molecule has 0 saturated heterocycles. The summed E-state index contributed by atoms with van der Waals surface area (Å²) in [4.78, 5) is 0. The van der Waals surface area contributed by atoms with Crippen molar-refractivity contribution in [1.82, 2.24) is 4.57 Å². The van der Waals surface area contributed by atoms with Crippen LogP contribution in [0.4, 0.5) is 0 Å². The van der Waals surface area contributed by atoms with Crippen LogP contribution < -0.4 is 0 Å². The van der Waals surface area contributed by atoms with Crippen molar-refractivity contribution in [3.63, 3.8) is 0 Å². The fourth-order valence-electron chi connectivity index (χ4n) is 2.57. The predicted molar refractivity (Wildman–Crippen MR) is 59.4 cm³/mol. The molecule has 0 amide bonds. The van der Waals surface area contributed by atoms with E-state index in [0.717, 1.165) is 6.54 Å². The van der Waals surface area contributed by atoms with E-state index >= 15 is 0 Å². The minimum Gasteiger partial charge on any atom is -0.344 e. The van der Waals surface area contributed by atoms with E-state index in [2.05, 4.69) is 48.7 Å². The van der Waals surface area contributed by atoms with E-state index in [-0.39, 0.29) is 0 Å². The number of fused-ring (bicyclic) bond motifs is 3. The Bertz CT molecular complexity index is 491. The molecule has 2 aromatic rings. The van der Waals surface area contributed by atoms with E-state index in [1.807, 2.05) is 0 Å². The Labute approximate surface area is 84.4 Å². The van der Waals surface area contributed by atoms with Gasteiger partial charge in [0.25, 0.3) is 0 Å². The van der Waals surface area contributed by atoms with Crippen molar-refractivity contribution in [3.05, 3.63) is 36.0 Å². The molecule has 72 valence electrons. The third kappa shape index (κ3) is 1.02. The average molecular weight is 185 g/mol. The molecule has 0 saturated carbocycles. The van der Waals surface area contributed by atoms with Crippen molar-refractivity contribution in [2.45, 2.75) is 26.8 Å². The molecule has 0 aliphatic carbocycles. The number of rotatable bonds is 0. The van der Waals surface area contributed by atoms with Crippen molar-refractivity contribution >= 4 is 10.9 Å². The molecule has 0 unspecified atom stereocenters. The summed E-state index contributed by atoms with van der Waals surface area (Å²) in [5.74, 6) is 0. The second-order valence-corrected chi connectivity index (χ2v) is 5.12. The van der Waals surface area contributed by atoms with E-state index in [1.165, 1.54) is 23.0 Å². The highest BCUT2D eigenvalue weighted by atomic mass is 15.0. The third-order valence-corrected chi connectivity index (χ3v) is 3.14. The van der Waals surface area contributed by atoms with Gasteiger partial charge in [-0.1, -0.05) is 32.0 Å². The van der Waals surface area contributed by atoms with Gasteiger partial charge in [-0.2, -0.15) is 0 Å². The molecule has 0 atom stereocenters. The van der Waals surface area contributed by atoms with Crippen LogP contribution in [-0.4, -0.2) is 4.57 Å². The zero-order chi connectivity index (χ0) is 9.76. The highest BCUT2D eigenvalue weighted by Crippen LogP contribution is 2.35. The first kappa shape index (κ1) is 8.10. The smallest absolute Gasteiger partial charge is 0.0482 e. The van der Waals surface area contributed by atoms with Gasteiger partial charge in [0.1, 0.15) is 0 Å². The Balaban J connectivity index is 2.26. The molecule has 1 heteroatoms. The van der Waals surface area contributed by atoms with Crippen molar-refractivity contribution in [2.75, 3.05) is 0 Å². The van der Waals surface area contributed by atoms with Gasteiger partial charge in [-0.3, -0.25) is 0 Å². The van der Waals surface area contributed by atoms with Crippen LogP contribution in [0.3, 0.4) is 0 Å². The van der Waals surface area contributed by atoms with E-state index in [9.17, 15) is 0 Å². The van der Waals surface area contributed by atoms with Crippen molar-refractivity contribution in [3.8, 4) is 0 Å². The third-order valence-electron chi connectivity index (χ3n) is 3.14. The summed E-state index contributed by atoms with van der Waals surface area (Å²) >= 11 is 0. The molecule has 2 heterocycles. The highest BCUT2D eigenvalue weighted by Gasteiger charge is 2.29. The van der Waals surface area contributed by atoms with Crippen molar-refractivity contribution < 1.29 is 0 Å². The maximum absolute atomic E-state index is 2.47. The van der Waals surface area contributed by atoms with Gasteiger partial charge in [0.15, 0.2) is 0 Å². The first-order chi connectivity index (χ1) is 6.66. The summed E-state index contributed by atoms with van der Waals surface area (Å²) in [5.41, 5.74) is 3.34. The van der Waals surface area contributed by atoms with Crippen LogP contribution in [0.25, 0.3) is 10.9 Å². The minimum absolute atomic E-state index is 0.444. The minimum atomic E-state index is 0.444. The molecular formula is C13H15N. The number of hydrogen-bond acceptors (Lipinski definition) is 0. The van der Waals surface area contributed by atoms with E-state index in [1.54, 1.807) is 0 Å². The molecule has 0 spiro atoms. The van der Waals surface area contributed by atoms with Crippen LogP contribution in [0, 0.1) is 5.41 Å². The van der Waals surface area contributed by atoms with E-state index in [0.29, 0.717) is 5.41 Å². The monoisotopic (exact) mass is 185 g/mol. The summed E-state index contributed by atoms with van der Waals surface area (Å²) < 4.78 is 2.47. The first-order valence-corrected chi connectivity index (χ1v) is 5.23. The van der Waals surface area contributed by atoms with Crippen molar-refractivity contribution in [2.24, 2.45) is 5.41 Å². The largest absolute Gasteiger partial charge is 0.344 e.